The van der Waals surface area contributed by atoms with Crippen LogP contribution in [0.2, 0.25) is 0 Å². The van der Waals surface area contributed by atoms with Gasteiger partial charge in [-0.15, -0.1) is 0 Å². The van der Waals surface area contributed by atoms with Gasteiger partial charge in [-0.25, -0.2) is 4.39 Å². The second-order valence-electron chi connectivity index (χ2n) is 7.51. The molecule has 158 valence electrons. The molecule has 2 heterocycles. The third-order valence-corrected chi connectivity index (χ3v) is 5.69. The van der Waals surface area contributed by atoms with E-state index in [1.54, 1.807) is 12.1 Å². The number of hydrogen-bond donors (Lipinski definition) is 2. The lowest BCUT2D eigenvalue weighted by Crippen LogP contribution is -2.48. The third-order valence-electron chi connectivity index (χ3n) is 5.69. The maximum atomic E-state index is 13.5. The van der Waals surface area contributed by atoms with Crippen LogP contribution < -0.4 is 15.5 Å². The zero-order chi connectivity index (χ0) is 20.8. The molecule has 3 rings (SSSR count). The normalized spacial score (nSPS) is 15.6. The summed E-state index contributed by atoms with van der Waals surface area (Å²) in [5.41, 5.74) is 4.66. The molecule has 0 amide bonds. The average Bonchev–Trinajstić information content (AvgIpc) is 3.05. The van der Waals surface area contributed by atoms with Crippen molar-refractivity contribution in [2.45, 2.75) is 52.1 Å². The molecule has 0 bridgehead atoms. The van der Waals surface area contributed by atoms with E-state index in [-0.39, 0.29) is 5.82 Å². The van der Waals surface area contributed by atoms with Gasteiger partial charge in [-0.05, 0) is 43.9 Å². The number of rotatable bonds is 6. The van der Waals surface area contributed by atoms with E-state index in [0.717, 1.165) is 62.7 Å². The fraction of sp³-hybridized carbons (Fsp3) is 0.545. The van der Waals surface area contributed by atoms with Crippen LogP contribution in [0.25, 0.3) is 0 Å². The predicted octanol–water partition coefficient (Wildman–Crippen LogP) is 3.02. The van der Waals surface area contributed by atoms with Gasteiger partial charge in [0.25, 0.3) is 0 Å². The minimum atomic E-state index is -0.180. The summed E-state index contributed by atoms with van der Waals surface area (Å²) in [6, 6.07) is 7.20. The first kappa shape index (κ1) is 21.1. The molecule has 0 unspecified atom stereocenters. The highest BCUT2D eigenvalue weighted by Gasteiger charge is 2.21. The van der Waals surface area contributed by atoms with E-state index >= 15 is 0 Å². The number of aliphatic imine (C=N–C) groups is 1. The maximum Gasteiger partial charge on any atom is 0.191 e. The second-order valence-corrected chi connectivity index (χ2v) is 7.51. The summed E-state index contributed by atoms with van der Waals surface area (Å²) in [6.45, 7) is 6.84. The molecule has 1 aromatic heterocycles. The molecule has 1 saturated heterocycles. The van der Waals surface area contributed by atoms with Crippen molar-refractivity contribution in [3.05, 3.63) is 47.0 Å². The van der Waals surface area contributed by atoms with Gasteiger partial charge in [-0.1, -0.05) is 19.9 Å². The molecule has 7 heteroatoms. The smallest absolute Gasteiger partial charge is 0.191 e. The molecule has 1 aliphatic rings. The summed E-state index contributed by atoms with van der Waals surface area (Å²) in [6.07, 6.45) is 3.87. The van der Waals surface area contributed by atoms with Crippen LogP contribution in [0.5, 0.6) is 0 Å². The standard InChI is InChI=1S/C22H33FN6/c1-5-20-19(21(6-2)28(4)27-20)15-25-22(24-3)26-17-10-12-29(13-11-17)18-9-7-8-16(23)14-18/h7-9,14,17H,5-6,10-13,15H2,1-4H3,(H2,24,25,26). The van der Waals surface area contributed by atoms with E-state index < -0.39 is 0 Å². The number of aryl methyl sites for hydroxylation is 2. The number of piperidine rings is 1. The molecule has 0 saturated carbocycles. The predicted molar refractivity (Wildman–Crippen MR) is 117 cm³/mol. The number of benzene rings is 1. The zero-order valence-corrected chi connectivity index (χ0v) is 18.0. The minimum absolute atomic E-state index is 0.180. The quantitative estimate of drug-likeness (QED) is 0.578. The summed E-state index contributed by atoms with van der Waals surface area (Å²) in [5, 5.41) is 11.7. The average molecular weight is 401 g/mol. The molecule has 2 N–H and O–H groups in total. The van der Waals surface area contributed by atoms with Gasteiger partial charge in [0, 0.05) is 56.7 Å². The van der Waals surface area contributed by atoms with E-state index in [1.165, 1.54) is 17.3 Å². The van der Waals surface area contributed by atoms with Crippen molar-refractivity contribution in [2.24, 2.45) is 12.0 Å². The van der Waals surface area contributed by atoms with E-state index in [0.29, 0.717) is 6.04 Å². The summed E-state index contributed by atoms with van der Waals surface area (Å²) >= 11 is 0. The van der Waals surface area contributed by atoms with Gasteiger partial charge >= 0.3 is 0 Å². The molecular formula is C22H33FN6. The van der Waals surface area contributed by atoms with Crippen LogP contribution in [0.4, 0.5) is 10.1 Å². The van der Waals surface area contributed by atoms with Crippen LogP contribution in [-0.4, -0.2) is 41.9 Å². The van der Waals surface area contributed by atoms with Gasteiger partial charge in [0.2, 0.25) is 0 Å². The first-order valence-electron chi connectivity index (χ1n) is 10.6. The Morgan fingerprint density at radius 2 is 2.00 bits per heavy atom. The Bertz CT molecular complexity index is 836. The lowest BCUT2D eigenvalue weighted by molar-refractivity contribution is 0.461. The molecule has 0 atom stereocenters. The number of aromatic nitrogens is 2. The highest BCUT2D eigenvalue weighted by molar-refractivity contribution is 5.80. The summed E-state index contributed by atoms with van der Waals surface area (Å²) in [7, 11) is 3.82. The van der Waals surface area contributed by atoms with Gasteiger partial charge in [0.1, 0.15) is 5.82 Å². The summed E-state index contributed by atoms with van der Waals surface area (Å²) < 4.78 is 15.5. The highest BCUT2D eigenvalue weighted by Crippen LogP contribution is 2.21. The molecule has 0 spiro atoms. The van der Waals surface area contributed by atoms with Crippen LogP contribution in [0.1, 0.15) is 43.6 Å². The minimum Gasteiger partial charge on any atom is -0.371 e. The third kappa shape index (κ3) is 5.08. The molecule has 1 aliphatic heterocycles. The topological polar surface area (TPSA) is 57.5 Å². The van der Waals surface area contributed by atoms with Gasteiger partial charge in [0.05, 0.1) is 5.69 Å². The Morgan fingerprint density at radius 1 is 1.24 bits per heavy atom. The second kappa shape index (κ2) is 9.76. The number of anilines is 1. The molecule has 0 aliphatic carbocycles. The fourth-order valence-corrected chi connectivity index (χ4v) is 4.11. The van der Waals surface area contributed by atoms with Crippen molar-refractivity contribution in [2.75, 3.05) is 25.0 Å². The first-order chi connectivity index (χ1) is 14.0. The van der Waals surface area contributed by atoms with Crippen LogP contribution >= 0.6 is 0 Å². The SMILES string of the molecule is CCc1nn(C)c(CC)c1CNC(=NC)NC1CCN(c2cccc(F)c2)CC1. The van der Waals surface area contributed by atoms with Crippen LogP contribution in [0.15, 0.2) is 29.3 Å². The molecule has 1 aromatic carbocycles. The molecule has 0 radical (unpaired) electrons. The Hall–Kier alpha value is -2.57. The Kier molecular flexibility index (Phi) is 7.12. The Morgan fingerprint density at radius 3 is 2.62 bits per heavy atom. The van der Waals surface area contributed by atoms with Crippen molar-refractivity contribution in [1.29, 1.82) is 0 Å². The van der Waals surface area contributed by atoms with E-state index in [2.05, 4.69) is 39.5 Å². The summed E-state index contributed by atoms with van der Waals surface area (Å²) in [4.78, 5) is 6.65. The lowest BCUT2D eigenvalue weighted by atomic mass is 10.0. The van der Waals surface area contributed by atoms with Crippen LogP contribution in [-0.2, 0) is 26.4 Å². The van der Waals surface area contributed by atoms with Crippen LogP contribution in [0.3, 0.4) is 0 Å². The van der Waals surface area contributed by atoms with Gasteiger partial charge in [-0.2, -0.15) is 5.10 Å². The van der Waals surface area contributed by atoms with Crippen molar-refractivity contribution < 1.29 is 4.39 Å². The van der Waals surface area contributed by atoms with Crippen molar-refractivity contribution in [1.82, 2.24) is 20.4 Å². The lowest BCUT2D eigenvalue weighted by Gasteiger charge is -2.34. The molecular weight excluding hydrogens is 367 g/mol. The van der Waals surface area contributed by atoms with Gasteiger partial charge in [0.15, 0.2) is 5.96 Å². The van der Waals surface area contributed by atoms with Crippen molar-refractivity contribution >= 4 is 11.6 Å². The molecule has 1 fully saturated rings. The molecule has 6 nitrogen and oxygen atoms in total. The number of hydrogen-bond acceptors (Lipinski definition) is 3. The molecule has 2 aromatic rings. The fourth-order valence-electron chi connectivity index (χ4n) is 4.11. The monoisotopic (exact) mass is 400 g/mol. The highest BCUT2D eigenvalue weighted by atomic mass is 19.1. The Labute approximate surface area is 173 Å². The summed E-state index contributed by atoms with van der Waals surface area (Å²) in [5.74, 6) is 0.641. The maximum absolute atomic E-state index is 13.5. The van der Waals surface area contributed by atoms with E-state index in [4.69, 9.17) is 0 Å². The Balaban J connectivity index is 1.54. The van der Waals surface area contributed by atoms with E-state index in [9.17, 15) is 4.39 Å². The number of halogens is 1. The van der Waals surface area contributed by atoms with Gasteiger partial charge in [-0.3, -0.25) is 9.67 Å². The van der Waals surface area contributed by atoms with Gasteiger partial charge < -0.3 is 15.5 Å². The number of nitrogens with one attached hydrogen (secondary N) is 2. The molecule has 29 heavy (non-hydrogen) atoms. The van der Waals surface area contributed by atoms with Crippen LogP contribution in [0, 0.1) is 5.82 Å². The first-order valence-corrected chi connectivity index (χ1v) is 10.6. The van der Waals surface area contributed by atoms with Crippen molar-refractivity contribution in [3.63, 3.8) is 0 Å². The number of nitrogens with zero attached hydrogens (tertiary/aromatic N) is 4. The van der Waals surface area contributed by atoms with Crippen molar-refractivity contribution in [3.8, 4) is 0 Å². The number of guanidine groups is 1. The van der Waals surface area contributed by atoms with E-state index in [1.807, 2.05) is 24.8 Å². The largest absolute Gasteiger partial charge is 0.371 e. The zero-order valence-electron chi connectivity index (χ0n) is 18.0.